The number of hydrogen-bond acceptors (Lipinski definition) is 5. The first kappa shape index (κ1) is 16.2. The van der Waals surface area contributed by atoms with Crippen molar-refractivity contribution in [2.45, 2.75) is 25.9 Å². The first-order chi connectivity index (χ1) is 10.2. The smallest absolute Gasteiger partial charge is 0.317 e. The summed E-state index contributed by atoms with van der Waals surface area (Å²) in [4.78, 5) is 16.3. The average Bonchev–Trinajstić information content (AvgIpc) is 2.98. The summed E-state index contributed by atoms with van der Waals surface area (Å²) in [6.07, 6.45) is 4.69. The molecule has 1 fully saturated rings. The fourth-order valence-corrected chi connectivity index (χ4v) is 2.92. The van der Waals surface area contributed by atoms with E-state index in [0.29, 0.717) is 0 Å². The fourth-order valence-electron chi connectivity index (χ4n) is 2.33. The van der Waals surface area contributed by atoms with Crippen molar-refractivity contribution in [3.63, 3.8) is 0 Å². The van der Waals surface area contributed by atoms with Crippen LogP contribution in [-0.2, 0) is 6.54 Å². The van der Waals surface area contributed by atoms with E-state index < -0.39 is 0 Å². The monoisotopic (exact) mass is 312 g/mol. The highest BCUT2D eigenvalue weighted by Gasteiger charge is 2.22. The van der Waals surface area contributed by atoms with E-state index in [2.05, 4.69) is 28.6 Å². The Labute approximate surface area is 130 Å². The Hall–Kier alpha value is -1.21. The van der Waals surface area contributed by atoms with Gasteiger partial charge in [0, 0.05) is 44.8 Å². The minimum atomic E-state index is 0.0599. The van der Waals surface area contributed by atoms with Crippen LogP contribution in [0.4, 0.5) is 4.79 Å². The molecule has 21 heavy (non-hydrogen) atoms. The Bertz CT molecular complexity index is 419. The second kappa shape index (κ2) is 8.29. The molecular formula is C14H24N4O2S. The number of aromatic nitrogens is 1. The highest BCUT2D eigenvalue weighted by atomic mass is 32.2. The molecule has 1 atom stereocenters. The lowest BCUT2D eigenvalue weighted by molar-refractivity contribution is 0.132. The average molecular weight is 312 g/mol. The lowest BCUT2D eigenvalue weighted by atomic mass is 10.2. The third-order valence-electron chi connectivity index (χ3n) is 3.66. The van der Waals surface area contributed by atoms with Crippen LogP contribution in [0.15, 0.2) is 16.9 Å². The van der Waals surface area contributed by atoms with Crippen LogP contribution in [0, 0.1) is 0 Å². The van der Waals surface area contributed by atoms with E-state index in [0.717, 1.165) is 50.6 Å². The molecule has 1 unspecified atom stereocenters. The molecule has 2 amide bonds. The third-order valence-corrected chi connectivity index (χ3v) is 4.31. The molecule has 0 bridgehead atoms. The quantitative estimate of drug-likeness (QED) is 0.865. The second-order valence-corrected chi connectivity index (χ2v) is 6.37. The van der Waals surface area contributed by atoms with E-state index in [9.17, 15) is 4.79 Å². The lowest BCUT2D eigenvalue weighted by Gasteiger charge is -2.34. The van der Waals surface area contributed by atoms with Crippen LogP contribution in [0.5, 0.6) is 0 Å². The van der Waals surface area contributed by atoms with Gasteiger partial charge in [0.15, 0.2) is 0 Å². The number of rotatable bonds is 6. The molecule has 0 radical (unpaired) electrons. The van der Waals surface area contributed by atoms with Gasteiger partial charge in [-0.2, -0.15) is 11.8 Å². The summed E-state index contributed by atoms with van der Waals surface area (Å²) < 4.78 is 4.84. The number of amides is 2. The van der Waals surface area contributed by atoms with Crippen LogP contribution < -0.4 is 5.32 Å². The lowest BCUT2D eigenvalue weighted by Crippen LogP contribution is -2.52. The normalized spacial score (nSPS) is 17.7. The van der Waals surface area contributed by atoms with Crippen molar-refractivity contribution in [2.24, 2.45) is 0 Å². The summed E-state index contributed by atoms with van der Waals surface area (Å²) in [6.45, 7) is 6.13. The van der Waals surface area contributed by atoms with Gasteiger partial charge in [-0.05, 0) is 25.4 Å². The van der Waals surface area contributed by atoms with Gasteiger partial charge in [0.2, 0.25) is 0 Å². The maximum absolute atomic E-state index is 12.2. The van der Waals surface area contributed by atoms with Gasteiger partial charge in [-0.15, -0.1) is 0 Å². The number of urea groups is 1. The van der Waals surface area contributed by atoms with Gasteiger partial charge in [0.1, 0.15) is 6.26 Å². The summed E-state index contributed by atoms with van der Waals surface area (Å²) >= 11 is 1.81. The SMILES string of the molecule is CSCCC(C)NC(=O)N1CCN(Cc2ccon2)CC1. The molecule has 0 spiro atoms. The largest absolute Gasteiger partial charge is 0.364 e. The molecule has 1 aliphatic rings. The summed E-state index contributed by atoms with van der Waals surface area (Å²) in [5.41, 5.74) is 0.943. The first-order valence-corrected chi connectivity index (χ1v) is 8.74. The van der Waals surface area contributed by atoms with E-state index in [4.69, 9.17) is 4.52 Å². The maximum atomic E-state index is 12.2. The third kappa shape index (κ3) is 5.24. The maximum Gasteiger partial charge on any atom is 0.317 e. The van der Waals surface area contributed by atoms with Crippen molar-refractivity contribution in [3.8, 4) is 0 Å². The van der Waals surface area contributed by atoms with Crippen LogP contribution in [0.3, 0.4) is 0 Å². The molecule has 1 aliphatic heterocycles. The fraction of sp³-hybridized carbons (Fsp3) is 0.714. The molecule has 118 valence electrons. The number of carbonyl (C=O) groups is 1. The molecule has 0 aromatic carbocycles. The van der Waals surface area contributed by atoms with E-state index in [1.807, 2.05) is 22.7 Å². The number of piperazine rings is 1. The zero-order valence-corrected chi connectivity index (χ0v) is 13.6. The van der Waals surface area contributed by atoms with Crippen molar-refractivity contribution in [1.82, 2.24) is 20.3 Å². The van der Waals surface area contributed by atoms with Crippen LogP contribution in [0.1, 0.15) is 19.0 Å². The molecule has 6 nitrogen and oxygen atoms in total. The Balaban J connectivity index is 1.69. The van der Waals surface area contributed by atoms with Crippen molar-refractivity contribution in [1.29, 1.82) is 0 Å². The van der Waals surface area contributed by atoms with Crippen LogP contribution >= 0.6 is 11.8 Å². The van der Waals surface area contributed by atoms with Gasteiger partial charge in [-0.1, -0.05) is 5.16 Å². The minimum Gasteiger partial charge on any atom is -0.364 e. The van der Waals surface area contributed by atoms with Gasteiger partial charge >= 0.3 is 6.03 Å². The number of thioether (sulfide) groups is 1. The topological polar surface area (TPSA) is 61.6 Å². The minimum absolute atomic E-state index is 0.0599. The molecule has 1 saturated heterocycles. The van der Waals surface area contributed by atoms with E-state index >= 15 is 0 Å². The van der Waals surface area contributed by atoms with E-state index in [-0.39, 0.29) is 12.1 Å². The highest BCUT2D eigenvalue weighted by molar-refractivity contribution is 7.98. The molecule has 1 aromatic rings. The Morgan fingerprint density at radius 3 is 2.86 bits per heavy atom. The molecule has 7 heteroatoms. The number of nitrogens with one attached hydrogen (secondary N) is 1. The summed E-state index contributed by atoms with van der Waals surface area (Å²) in [7, 11) is 0. The summed E-state index contributed by atoms with van der Waals surface area (Å²) in [6, 6.07) is 2.18. The van der Waals surface area contributed by atoms with E-state index in [1.165, 1.54) is 0 Å². The zero-order valence-electron chi connectivity index (χ0n) is 12.7. The van der Waals surface area contributed by atoms with Crippen LogP contribution in [0.25, 0.3) is 0 Å². The van der Waals surface area contributed by atoms with Crippen LogP contribution in [0.2, 0.25) is 0 Å². The van der Waals surface area contributed by atoms with Crippen molar-refractivity contribution in [2.75, 3.05) is 38.2 Å². The van der Waals surface area contributed by atoms with Gasteiger partial charge in [-0.3, -0.25) is 4.90 Å². The number of nitrogens with zero attached hydrogens (tertiary/aromatic N) is 3. The molecule has 2 heterocycles. The highest BCUT2D eigenvalue weighted by Crippen LogP contribution is 2.08. The molecule has 1 N–H and O–H groups in total. The first-order valence-electron chi connectivity index (χ1n) is 7.35. The molecule has 0 saturated carbocycles. The zero-order chi connectivity index (χ0) is 15.1. The van der Waals surface area contributed by atoms with Gasteiger partial charge in [-0.25, -0.2) is 4.79 Å². The Morgan fingerprint density at radius 2 is 2.24 bits per heavy atom. The van der Waals surface area contributed by atoms with Gasteiger partial charge in [0.25, 0.3) is 0 Å². The predicted molar refractivity (Wildman–Crippen MR) is 84.3 cm³/mol. The number of carbonyl (C=O) groups excluding carboxylic acids is 1. The van der Waals surface area contributed by atoms with Crippen molar-refractivity contribution < 1.29 is 9.32 Å². The van der Waals surface area contributed by atoms with Gasteiger partial charge in [0.05, 0.1) is 5.69 Å². The van der Waals surface area contributed by atoms with Crippen LogP contribution in [-0.4, -0.2) is 65.2 Å². The summed E-state index contributed by atoms with van der Waals surface area (Å²) in [5.74, 6) is 1.08. The molecule has 0 aliphatic carbocycles. The number of hydrogen-bond donors (Lipinski definition) is 1. The van der Waals surface area contributed by atoms with E-state index in [1.54, 1.807) is 6.26 Å². The standard InChI is InChI=1S/C14H24N4O2S/c1-12(4-10-21-2)15-14(19)18-7-5-17(6-8-18)11-13-3-9-20-16-13/h3,9,12H,4-8,10-11H2,1-2H3,(H,15,19). The molecule has 2 rings (SSSR count). The second-order valence-electron chi connectivity index (χ2n) is 5.39. The van der Waals surface area contributed by atoms with Crippen molar-refractivity contribution in [3.05, 3.63) is 18.0 Å². The van der Waals surface area contributed by atoms with Gasteiger partial charge < -0.3 is 14.7 Å². The summed E-state index contributed by atoms with van der Waals surface area (Å²) in [5, 5.41) is 6.99. The Morgan fingerprint density at radius 1 is 1.48 bits per heavy atom. The molecule has 1 aromatic heterocycles. The molecular weight excluding hydrogens is 288 g/mol. The van der Waals surface area contributed by atoms with Crippen molar-refractivity contribution >= 4 is 17.8 Å². The predicted octanol–water partition coefficient (Wildman–Crippen LogP) is 1.64. The Kier molecular flexibility index (Phi) is 6.38.